The number of carbonyl (C=O) groups excluding carboxylic acids is 3. The SMILES string of the molecule is COC1=C(OC)C(=O)C(CCC(=O)N2CCCC2C(=O)O)=C(C)C1=O. The van der Waals surface area contributed by atoms with E-state index in [1.54, 1.807) is 0 Å². The smallest absolute Gasteiger partial charge is 0.326 e. The van der Waals surface area contributed by atoms with Gasteiger partial charge in [-0.05, 0) is 26.2 Å². The average Bonchev–Trinajstić information content (AvgIpc) is 3.07. The lowest BCUT2D eigenvalue weighted by molar-refractivity contribution is -0.148. The van der Waals surface area contributed by atoms with Crippen molar-refractivity contribution in [3.05, 3.63) is 22.7 Å². The Balaban J connectivity index is 2.13. The van der Waals surface area contributed by atoms with Crippen molar-refractivity contribution >= 4 is 23.4 Å². The van der Waals surface area contributed by atoms with Crippen LogP contribution < -0.4 is 0 Å². The Labute approximate surface area is 145 Å². The molecule has 1 N–H and O–H groups in total. The highest BCUT2D eigenvalue weighted by molar-refractivity contribution is 6.23. The number of hydrogen-bond donors (Lipinski definition) is 1. The number of hydrogen-bond acceptors (Lipinski definition) is 6. The van der Waals surface area contributed by atoms with Crippen LogP contribution in [0.5, 0.6) is 0 Å². The predicted molar refractivity (Wildman–Crippen MR) is 85.4 cm³/mol. The van der Waals surface area contributed by atoms with Crippen LogP contribution in [0, 0.1) is 0 Å². The second-order valence-electron chi connectivity index (χ2n) is 5.91. The molecular formula is C17H21NO7. The van der Waals surface area contributed by atoms with Crippen molar-refractivity contribution in [3.8, 4) is 0 Å². The third-order valence-corrected chi connectivity index (χ3v) is 4.54. The van der Waals surface area contributed by atoms with Crippen LogP contribution in [0.15, 0.2) is 22.7 Å². The van der Waals surface area contributed by atoms with E-state index in [2.05, 4.69) is 0 Å². The van der Waals surface area contributed by atoms with Gasteiger partial charge in [0.2, 0.25) is 29.0 Å². The monoisotopic (exact) mass is 351 g/mol. The molecule has 8 nitrogen and oxygen atoms in total. The molecule has 1 aliphatic heterocycles. The van der Waals surface area contributed by atoms with Gasteiger partial charge in [-0.25, -0.2) is 4.79 Å². The maximum atomic E-state index is 12.5. The lowest BCUT2D eigenvalue weighted by Crippen LogP contribution is -2.40. The number of allylic oxidation sites excluding steroid dienone is 2. The van der Waals surface area contributed by atoms with Crippen LogP contribution in [-0.2, 0) is 28.7 Å². The molecule has 8 heteroatoms. The Hall–Kier alpha value is -2.64. The summed E-state index contributed by atoms with van der Waals surface area (Å²) in [7, 11) is 2.55. The Morgan fingerprint density at radius 3 is 2.32 bits per heavy atom. The summed E-state index contributed by atoms with van der Waals surface area (Å²) < 4.78 is 9.94. The topological polar surface area (TPSA) is 110 Å². The van der Waals surface area contributed by atoms with Gasteiger partial charge >= 0.3 is 5.97 Å². The van der Waals surface area contributed by atoms with E-state index in [1.165, 1.54) is 26.0 Å². The molecule has 1 heterocycles. The molecule has 0 aromatic rings. The van der Waals surface area contributed by atoms with E-state index in [0.717, 1.165) is 0 Å². The number of likely N-dealkylation sites (tertiary alicyclic amines) is 1. The maximum absolute atomic E-state index is 12.5. The molecule has 1 fully saturated rings. The first kappa shape index (κ1) is 18.7. The summed E-state index contributed by atoms with van der Waals surface area (Å²) in [6.07, 6.45) is 1.06. The van der Waals surface area contributed by atoms with Crippen molar-refractivity contribution < 1.29 is 33.8 Å². The molecule has 1 atom stereocenters. The number of Topliss-reactive ketones (excluding diaryl/α,β-unsaturated/α-hetero) is 2. The van der Waals surface area contributed by atoms with Gasteiger partial charge in [0.1, 0.15) is 6.04 Å². The first-order valence-corrected chi connectivity index (χ1v) is 7.97. The van der Waals surface area contributed by atoms with Crippen molar-refractivity contribution in [2.24, 2.45) is 0 Å². The van der Waals surface area contributed by atoms with E-state index in [4.69, 9.17) is 14.6 Å². The highest BCUT2D eigenvalue weighted by atomic mass is 16.5. The van der Waals surface area contributed by atoms with Gasteiger partial charge in [0.25, 0.3) is 0 Å². The fourth-order valence-corrected chi connectivity index (χ4v) is 3.19. The molecule has 0 spiro atoms. The summed E-state index contributed by atoms with van der Waals surface area (Å²) >= 11 is 0. The Morgan fingerprint density at radius 2 is 1.76 bits per heavy atom. The van der Waals surface area contributed by atoms with Crippen LogP contribution in [0.1, 0.15) is 32.6 Å². The van der Waals surface area contributed by atoms with Gasteiger partial charge in [-0.15, -0.1) is 0 Å². The number of methoxy groups -OCH3 is 2. The first-order valence-electron chi connectivity index (χ1n) is 7.97. The minimum atomic E-state index is -1.03. The third-order valence-electron chi connectivity index (χ3n) is 4.54. The van der Waals surface area contributed by atoms with Gasteiger partial charge in [0.15, 0.2) is 0 Å². The van der Waals surface area contributed by atoms with Crippen molar-refractivity contribution in [2.75, 3.05) is 20.8 Å². The average molecular weight is 351 g/mol. The van der Waals surface area contributed by atoms with Gasteiger partial charge in [0, 0.05) is 24.1 Å². The molecule has 1 aliphatic carbocycles. The number of carbonyl (C=O) groups is 4. The quantitative estimate of drug-likeness (QED) is 0.705. The summed E-state index contributed by atoms with van der Waals surface area (Å²) in [5, 5.41) is 9.15. The summed E-state index contributed by atoms with van der Waals surface area (Å²) in [5.41, 5.74) is 0.411. The largest absolute Gasteiger partial charge is 0.489 e. The minimum absolute atomic E-state index is 0.0436. The molecule has 136 valence electrons. The number of nitrogens with zero attached hydrogens (tertiary/aromatic N) is 1. The highest BCUT2D eigenvalue weighted by Crippen LogP contribution is 2.29. The van der Waals surface area contributed by atoms with E-state index >= 15 is 0 Å². The van der Waals surface area contributed by atoms with Crippen LogP contribution in [0.2, 0.25) is 0 Å². The van der Waals surface area contributed by atoms with Gasteiger partial charge in [-0.3, -0.25) is 14.4 Å². The number of carboxylic acid groups (broad SMARTS) is 1. The molecule has 0 aromatic carbocycles. The highest BCUT2D eigenvalue weighted by Gasteiger charge is 2.37. The second-order valence-corrected chi connectivity index (χ2v) is 5.91. The zero-order valence-corrected chi connectivity index (χ0v) is 14.5. The normalized spacial score (nSPS) is 21.1. The molecule has 1 saturated heterocycles. The fraction of sp³-hybridized carbons (Fsp3) is 0.529. The maximum Gasteiger partial charge on any atom is 0.326 e. The standard InChI is InChI=1S/C17H21NO7/c1-9-10(14(21)16(25-3)15(24-2)13(9)20)6-7-12(19)18-8-4-5-11(18)17(22)23/h11H,4-8H2,1-3H3,(H,22,23). The number of carboxylic acids is 1. The van der Waals surface area contributed by atoms with Crippen molar-refractivity contribution in [2.45, 2.75) is 38.6 Å². The number of ether oxygens (including phenoxy) is 2. The molecule has 1 amide bonds. The van der Waals surface area contributed by atoms with E-state index in [9.17, 15) is 19.2 Å². The number of ketones is 2. The summed E-state index contributed by atoms with van der Waals surface area (Å²) in [4.78, 5) is 49.6. The van der Waals surface area contributed by atoms with Crippen molar-refractivity contribution in [1.82, 2.24) is 4.90 Å². The van der Waals surface area contributed by atoms with Crippen molar-refractivity contribution in [3.63, 3.8) is 0 Å². The Kier molecular flexibility index (Phi) is 5.61. The second kappa shape index (κ2) is 7.50. The van der Waals surface area contributed by atoms with Crippen LogP contribution in [0.4, 0.5) is 0 Å². The zero-order valence-electron chi connectivity index (χ0n) is 14.5. The lowest BCUT2D eigenvalue weighted by Gasteiger charge is -2.23. The molecule has 0 aromatic heterocycles. The number of amides is 1. The van der Waals surface area contributed by atoms with Crippen LogP contribution in [0.3, 0.4) is 0 Å². The Bertz CT molecular complexity index is 689. The molecule has 1 unspecified atom stereocenters. The summed E-state index contributed by atoms with van der Waals surface area (Å²) in [5.74, 6) is -2.63. The van der Waals surface area contributed by atoms with Gasteiger partial charge in [-0.1, -0.05) is 0 Å². The number of aliphatic carboxylic acids is 1. The van der Waals surface area contributed by atoms with Crippen LogP contribution in [0.25, 0.3) is 0 Å². The van der Waals surface area contributed by atoms with E-state index in [-0.39, 0.29) is 41.4 Å². The van der Waals surface area contributed by atoms with Crippen LogP contribution in [-0.4, -0.2) is 60.3 Å². The molecule has 0 saturated carbocycles. The molecular weight excluding hydrogens is 330 g/mol. The van der Waals surface area contributed by atoms with Gasteiger partial charge < -0.3 is 19.5 Å². The molecule has 0 radical (unpaired) electrons. The summed E-state index contributed by atoms with van der Waals surface area (Å²) in [6, 6.07) is -0.819. The van der Waals surface area contributed by atoms with Crippen molar-refractivity contribution in [1.29, 1.82) is 0 Å². The van der Waals surface area contributed by atoms with E-state index in [1.807, 2.05) is 0 Å². The molecule has 2 rings (SSSR count). The number of rotatable bonds is 6. The molecule has 2 aliphatic rings. The zero-order chi connectivity index (χ0) is 18.7. The van der Waals surface area contributed by atoms with Gasteiger partial charge in [0.05, 0.1) is 14.2 Å². The third kappa shape index (κ3) is 3.42. The van der Waals surface area contributed by atoms with Gasteiger partial charge in [-0.2, -0.15) is 0 Å². The fourth-order valence-electron chi connectivity index (χ4n) is 3.19. The molecule has 25 heavy (non-hydrogen) atoms. The van der Waals surface area contributed by atoms with Crippen LogP contribution >= 0.6 is 0 Å². The predicted octanol–water partition coefficient (Wildman–Crippen LogP) is 0.815. The summed E-state index contributed by atoms with van der Waals surface area (Å²) in [6.45, 7) is 1.89. The molecule has 0 bridgehead atoms. The Morgan fingerprint density at radius 1 is 1.16 bits per heavy atom. The van der Waals surface area contributed by atoms with E-state index < -0.39 is 23.6 Å². The van der Waals surface area contributed by atoms with E-state index in [0.29, 0.717) is 19.4 Å². The lowest BCUT2D eigenvalue weighted by atomic mass is 9.90. The minimum Gasteiger partial charge on any atom is -0.489 e. The first-order chi connectivity index (χ1) is 11.8.